The van der Waals surface area contributed by atoms with Gasteiger partial charge in [-0.3, -0.25) is 0 Å². The third-order valence-electron chi connectivity index (χ3n) is 7.79. The van der Waals surface area contributed by atoms with Crippen LogP contribution in [0.3, 0.4) is 0 Å². The quantitative estimate of drug-likeness (QED) is 0.296. The lowest BCUT2D eigenvalue weighted by atomic mass is 9.77. The van der Waals surface area contributed by atoms with E-state index >= 15 is 0 Å². The van der Waals surface area contributed by atoms with Gasteiger partial charge in [0.1, 0.15) is 18.2 Å². The smallest absolute Gasteiger partial charge is 0.449 e. The summed E-state index contributed by atoms with van der Waals surface area (Å²) in [5.74, 6) is -1.73. The summed E-state index contributed by atoms with van der Waals surface area (Å²) in [6, 6.07) is 18.1. The molecule has 0 unspecified atom stereocenters. The van der Waals surface area contributed by atoms with Crippen LogP contribution < -0.4 is 11.1 Å². The molecule has 6 nitrogen and oxygen atoms in total. The molecule has 5 rings (SSSR count). The Morgan fingerprint density at radius 3 is 2.13 bits per heavy atom. The second-order valence-corrected chi connectivity index (χ2v) is 10.9. The first-order chi connectivity index (χ1) is 18.5. The van der Waals surface area contributed by atoms with E-state index < -0.39 is 36.0 Å². The molecule has 9 heteroatoms. The number of hydrogen-bond donors (Lipinski definition) is 2. The van der Waals surface area contributed by atoms with Gasteiger partial charge in [-0.05, 0) is 61.5 Å². The summed E-state index contributed by atoms with van der Waals surface area (Å²) in [5, 5.41) is 2.73. The molecule has 1 fully saturated rings. The first kappa shape index (κ1) is 26.9. The monoisotopic (exact) mass is 532 g/mol. The molecule has 0 saturated carbocycles. The maximum Gasteiger partial charge on any atom is 0.492 e. The minimum absolute atomic E-state index is 0.0490. The van der Waals surface area contributed by atoms with E-state index in [4.69, 9.17) is 19.8 Å². The number of nitrogens with one attached hydrogen (secondary N) is 1. The third-order valence-corrected chi connectivity index (χ3v) is 7.79. The predicted molar refractivity (Wildman–Crippen MR) is 148 cm³/mol. The summed E-state index contributed by atoms with van der Waals surface area (Å²) in [4.78, 5) is 12.8. The van der Waals surface area contributed by atoms with Gasteiger partial charge in [0.2, 0.25) is 0 Å². The van der Waals surface area contributed by atoms with Crippen LogP contribution in [-0.2, 0) is 14.0 Å². The van der Waals surface area contributed by atoms with Gasteiger partial charge in [0, 0.05) is 24.1 Å². The lowest BCUT2D eigenvalue weighted by Crippen LogP contribution is -2.41. The second kappa shape index (κ2) is 10.1. The normalized spacial score (nSPS) is 17.6. The van der Waals surface area contributed by atoms with Crippen LogP contribution in [0.4, 0.5) is 19.3 Å². The Hall–Kier alpha value is -3.69. The van der Waals surface area contributed by atoms with Crippen LogP contribution in [-0.4, -0.2) is 37.6 Å². The van der Waals surface area contributed by atoms with E-state index in [0.29, 0.717) is 5.47 Å². The molecule has 1 heterocycles. The molecule has 2 aliphatic rings. The Labute approximate surface area is 227 Å². The van der Waals surface area contributed by atoms with Gasteiger partial charge in [0.25, 0.3) is 0 Å². The Bertz CT molecular complexity index is 1400. The van der Waals surface area contributed by atoms with Crippen molar-refractivity contribution in [3.63, 3.8) is 0 Å². The number of halogens is 2. The lowest BCUT2D eigenvalue weighted by Gasteiger charge is -2.32. The van der Waals surface area contributed by atoms with Gasteiger partial charge < -0.3 is 25.1 Å². The van der Waals surface area contributed by atoms with Gasteiger partial charge in [-0.15, -0.1) is 0 Å². The van der Waals surface area contributed by atoms with Crippen LogP contribution in [0.1, 0.15) is 50.3 Å². The average Bonchev–Trinajstić information content (AvgIpc) is 3.32. The zero-order valence-electron chi connectivity index (χ0n) is 22.4. The van der Waals surface area contributed by atoms with E-state index in [1.165, 1.54) is 12.1 Å². The Morgan fingerprint density at radius 1 is 0.974 bits per heavy atom. The number of nitrogen functional groups attached to an aromatic ring is 1. The number of anilines is 1. The SMILES string of the molecule is CC1(C)OB(C(=Cc2cc(N)c(F)cc2F)CNC(=O)OCC2c3ccccc3-c3ccccc32)OC1(C)C. The number of nitrogens with two attached hydrogens (primary N) is 1. The number of alkyl carbamates (subject to hydrolysis) is 1. The van der Waals surface area contributed by atoms with Crippen molar-refractivity contribution in [1.29, 1.82) is 0 Å². The minimum Gasteiger partial charge on any atom is -0.449 e. The number of amides is 1. The fourth-order valence-corrected chi connectivity index (χ4v) is 4.91. The number of ether oxygens (including phenoxy) is 1. The van der Waals surface area contributed by atoms with Crippen molar-refractivity contribution in [2.24, 2.45) is 0 Å². The van der Waals surface area contributed by atoms with Crippen LogP contribution >= 0.6 is 0 Å². The molecule has 0 bridgehead atoms. The van der Waals surface area contributed by atoms with Gasteiger partial charge in [0.05, 0.1) is 16.9 Å². The van der Waals surface area contributed by atoms with E-state index in [-0.39, 0.29) is 30.3 Å². The minimum atomic E-state index is -0.880. The number of rotatable bonds is 6. The summed E-state index contributed by atoms with van der Waals surface area (Å²) in [5.41, 5.74) is 9.09. The zero-order chi connectivity index (χ0) is 27.9. The van der Waals surface area contributed by atoms with Gasteiger partial charge in [0.15, 0.2) is 0 Å². The van der Waals surface area contributed by atoms with Crippen LogP contribution in [0, 0.1) is 11.6 Å². The number of carbonyl (C=O) groups excluding carboxylic acids is 1. The topological polar surface area (TPSA) is 82.8 Å². The molecule has 0 aromatic heterocycles. The number of fused-ring (bicyclic) bond motifs is 3. The van der Waals surface area contributed by atoms with Crippen LogP contribution in [0.25, 0.3) is 17.2 Å². The van der Waals surface area contributed by atoms with E-state index in [1.54, 1.807) is 0 Å². The van der Waals surface area contributed by atoms with Crippen molar-refractivity contribution in [3.8, 4) is 11.1 Å². The first-order valence-corrected chi connectivity index (χ1v) is 12.9. The number of carbonyl (C=O) groups is 1. The zero-order valence-corrected chi connectivity index (χ0v) is 22.4. The largest absolute Gasteiger partial charge is 0.492 e. The molecule has 3 aromatic carbocycles. The van der Waals surface area contributed by atoms with E-state index in [2.05, 4.69) is 17.4 Å². The standard InChI is InChI=1S/C30H31BF2N2O4/c1-29(2)30(3,4)39-31(38-29)19(13-18-14-27(34)26(33)15-25(18)32)16-35-28(36)37-17-24-22-11-7-5-9-20(22)21-10-6-8-12-23(21)24/h5-15,24H,16-17,34H2,1-4H3,(H,35,36). The molecule has 3 N–H and O–H groups in total. The molecular weight excluding hydrogens is 501 g/mol. The molecular formula is C30H31BF2N2O4. The van der Waals surface area contributed by atoms with Crippen molar-refractivity contribution in [1.82, 2.24) is 5.32 Å². The maximum absolute atomic E-state index is 14.6. The molecule has 0 atom stereocenters. The maximum atomic E-state index is 14.6. The fourth-order valence-electron chi connectivity index (χ4n) is 4.91. The first-order valence-electron chi connectivity index (χ1n) is 12.9. The highest BCUT2D eigenvalue weighted by molar-refractivity contribution is 6.56. The molecule has 202 valence electrons. The van der Waals surface area contributed by atoms with E-state index in [0.717, 1.165) is 28.3 Å². The van der Waals surface area contributed by atoms with Gasteiger partial charge >= 0.3 is 13.2 Å². The predicted octanol–water partition coefficient (Wildman–Crippen LogP) is 6.10. The molecule has 1 saturated heterocycles. The van der Waals surface area contributed by atoms with E-state index in [1.807, 2.05) is 64.1 Å². The van der Waals surface area contributed by atoms with Crippen molar-refractivity contribution in [2.75, 3.05) is 18.9 Å². The summed E-state index contributed by atoms with van der Waals surface area (Å²) < 4.78 is 46.2. The molecule has 1 aliphatic carbocycles. The number of benzene rings is 3. The Morgan fingerprint density at radius 2 is 1.54 bits per heavy atom. The van der Waals surface area contributed by atoms with Crippen molar-refractivity contribution < 1.29 is 27.6 Å². The van der Waals surface area contributed by atoms with Crippen molar-refractivity contribution in [3.05, 3.63) is 94.5 Å². The highest BCUT2D eigenvalue weighted by atomic mass is 19.1. The molecule has 0 spiro atoms. The lowest BCUT2D eigenvalue weighted by molar-refractivity contribution is 0.00578. The fraction of sp³-hybridized carbons (Fsp3) is 0.300. The number of hydrogen-bond acceptors (Lipinski definition) is 5. The Balaban J connectivity index is 1.33. The summed E-state index contributed by atoms with van der Waals surface area (Å²) in [7, 11) is -0.880. The highest BCUT2D eigenvalue weighted by Crippen LogP contribution is 2.44. The summed E-state index contributed by atoms with van der Waals surface area (Å²) in [6.45, 7) is 7.66. The van der Waals surface area contributed by atoms with Crippen LogP contribution in [0.5, 0.6) is 0 Å². The van der Waals surface area contributed by atoms with Crippen molar-refractivity contribution >= 4 is 25.0 Å². The average molecular weight is 532 g/mol. The third kappa shape index (κ3) is 5.16. The summed E-state index contributed by atoms with van der Waals surface area (Å²) in [6.07, 6.45) is 0.815. The molecule has 1 amide bonds. The molecule has 1 aliphatic heterocycles. The van der Waals surface area contributed by atoms with Crippen LogP contribution in [0.2, 0.25) is 0 Å². The van der Waals surface area contributed by atoms with Gasteiger partial charge in [-0.1, -0.05) is 54.6 Å². The van der Waals surface area contributed by atoms with Gasteiger partial charge in [-0.25, -0.2) is 13.6 Å². The highest BCUT2D eigenvalue weighted by Gasteiger charge is 2.52. The second-order valence-electron chi connectivity index (χ2n) is 10.9. The summed E-state index contributed by atoms with van der Waals surface area (Å²) >= 11 is 0. The van der Waals surface area contributed by atoms with Crippen molar-refractivity contribution in [2.45, 2.75) is 44.8 Å². The van der Waals surface area contributed by atoms with E-state index in [9.17, 15) is 13.6 Å². The molecule has 0 radical (unpaired) electrons. The van der Waals surface area contributed by atoms with Gasteiger partial charge in [-0.2, -0.15) is 0 Å². The molecule has 3 aromatic rings. The van der Waals surface area contributed by atoms with Crippen LogP contribution in [0.15, 0.2) is 66.1 Å². The Kier molecular flexibility index (Phi) is 6.99. The molecule has 39 heavy (non-hydrogen) atoms.